The summed E-state index contributed by atoms with van der Waals surface area (Å²) in [5.74, 6) is -0.186. The third-order valence-electron chi connectivity index (χ3n) is 6.41. The number of hydrogen-bond donors (Lipinski definition) is 4. The van der Waals surface area contributed by atoms with E-state index in [0.29, 0.717) is 38.8 Å². The van der Waals surface area contributed by atoms with Crippen LogP contribution >= 0.6 is 11.6 Å². The lowest BCUT2D eigenvalue weighted by Gasteiger charge is -2.33. The number of anilines is 1. The van der Waals surface area contributed by atoms with Crippen molar-refractivity contribution < 1.29 is 24.5 Å². The monoisotopic (exact) mass is 516 g/mol. The summed E-state index contributed by atoms with van der Waals surface area (Å²) in [6, 6.07) is 7.71. The van der Waals surface area contributed by atoms with Crippen LogP contribution in [0.2, 0.25) is 5.02 Å². The van der Waals surface area contributed by atoms with Crippen molar-refractivity contribution in [2.75, 3.05) is 25.1 Å². The van der Waals surface area contributed by atoms with E-state index in [0.717, 1.165) is 0 Å². The van der Waals surface area contributed by atoms with Crippen molar-refractivity contribution in [1.82, 2.24) is 14.5 Å². The molecule has 0 atom stereocenters. The van der Waals surface area contributed by atoms with Crippen molar-refractivity contribution in [3.05, 3.63) is 70.4 Å². The van der Waals surface area contributed by atoms with Gasteiger partial charge in [-0.2, -0.15) is 0 Å². The average Bonchev–Trinajstić information content (AvgIpc) is 3.22. The van der Waals surface area contributed by atoms with Crippen LogP contribution in [0.1, 0.15) is 35.5 Å². The molecule has 0 spiro atoms. The van der Waals surface area contributed by atoms with Crippen LogP contribution in [0.4, 0.5) is 10.2 Å². The highest BCUT2D eigenvalue weighted by molar-refractivity contribution is 6.33. The van der Waals surface area contributed by atoms with Gasteiger partial charge in [-0.3, -0.25) is 4.79 Å². The van der Waals surface area contributed by atoms with Gasteiger partial charge in [0.05, 0.1) is 30.3 Å². The first-order valence-corrected chi connectivity index (χ1v) is 12.1. The molecule has 1 aliphatic rings. The number of benzene rings is 1. The van der Waals surface area contributed by atoms with Crippen molar-refractivity contribution in [2.24, 2.45) is 5.41 Å². The first kappa shape index (κ1) is 26.1. The van der Waals surface area contributed by atoms with Crippen LogP contribution in [-0.2, 0) is 19.7 Å². The molecule has 3 aromatic rings. The number of aliphatic hydroxyl groups excluding tert-OH is 3. The van der Waals surface area contributed by atoms with Crippen LogP contribution in [0.15, 0.2) is 42.7 Å². The number of nitrogens with zero attached hydrogens (tertiary/aromatic N) is 3. The van der Waals surface area contributed by atoms with Crippen LogP contribution < -0.4 is 5.32 Å². The van der Waals surface area contributed by atoms with Crippen LogP contribution in [0.3, 0.4) is 0 Å². The van der Waals surface area contributed by atoms with Crippen LogP contribution in [0, 0.1) is 11.2 Å². The van der Waals surface area contributed by atoms with Gasteiger partial charge in [-0.25, -0.2) is 9.37 Å². The molecule has 0 unspecified atom stereocenters. The lowest BCUT2D eigenvalue weighted by Crippen LogP contribution is -2.44. The van der Waals surface area contributed by atoms with Crippen LogP contribution in [0.25, 0.3) is 11.1 Å². The minimum absolute atomic E-state index is 0.00716. The summed E-state index contributed by atoms with van der Waals surface area (Å²) in [7, 11) is 0. The molecule has 0 aliphatic carbocycles. The van der Waals surface area contributed by atoms with Gasteiger partial charge in [-0.15, -0.1) is 0 Å². The Morgan fingerprint density at radius 3 is 2.56 bits per heavy atom. The highest BCUT2D eigenvalue weighted by Gasteiger charge is 2.39. The van der Waals surface area contributed by atoms with Crippen molar-refractivity contribution in [1.29, 1.82) is 0 Å². The molecule has 2 aromatic heterocycles. The summed E-state index contributed by atoms with van der Waals surface area (Å²) in [5, 5.41) is 33.9. The molecule has 0 saturated heterocycles. The predicted octanol–water partition coefficient (Wildman–Crippen LogP) is 3.28. The van der Waals surface area contributed by atoms with E-state index in [2.05, 4.69) is 10.3 Å². The van der Waals surface area contributed by atoms with Gasteiger partial charge in [-0.05, 0) is 49.2 Å². The number of halogens is 2. The summed E-state index contributed by atoms with van der Waals surface area (Å²) in [5.41, 5.74) is 1.64. The summed E-state index contributed by atoms with van der Waals surface area (Å²) >= 11 is 6.46. The number of rotatable bonds is 8. The molecule has 0 saturated carbocycles. The van der Waals surface area contributed by atoms with E-state index in [9.17, 15) is 24.5 Å². The number of hydrogen-bond acceptors (Lipinski definition) is 6. The lowest BCUT2D eigenvalue weighted by atomic mass is 9.89. The van der Waals surface area contributed by atoms with Gasteiger partial charge in [0.1, 0.15) is 17.3 Å². The summed E-state index contributed by atoms with van der Waals surface area (Å²) < 4.78 is 15.7. The van der Waals surface area contributed by atoms with E-state index in [1.165, 1.54) is 23.1 Å². The fraction of sp³-hybridized carbons (Fsp3) is 0.385. The minimum Gasteiger partial charge on any atom is -0.396 e. The number of carbonyl (C=O) groups excluding carboxylic acids is 1. The Labute approximate surface area is 214 Å². The molecule has 4 rings (SSSR count). The largest absolute Gasteiger partial charge is 0.396 e. The second-order valence-corrected chi connectivity index (χ2v) is 10.0. The zero-order valence-electron chi connectivity index (χ0n) is 20.2. The zero-order chi connectivity index (χ0) is 26.0. The van der Waals surface area contributed by atoms with Crippen molar-refractivity contribution in [2.45, 2.75) is 39.6 Å². The molecular formula is C26H30ClFN4O4. The predicted molar refractivity (Wildman–Crippen MR) is 135 cm³/mol. The maximum Gasteiger partial charge on any atom is 0.270 e. The maximum absolute atomic E-state index is 14.0. The van der Waals surface area contributed by atoms with E-state index in [1.54, 1.807) is 23.0 Å². The molecule has 0 radical (unpaired) electrons. The number of nitrogens with one attached hydrogen (secondary N) is 1. The Balaban J connectivity index is 1.77. The highest BCUT2D eigenvalue weighted by Crippen LogP contribution is 2.35. The Morgan fingerprint density at radius 1 is 1.14 bits per heavy atom. The van der Waals surface area contributed by atoms with Crippen molar-refractivity contribution in [3.8, 4) is 11.1 Å². The molecular weight excluding hydrogens is 487 g/mol. The Hall–Kier alpha value is -2.98. The molecule has 3 heterocycles. The lowest BCUT2D eigenvalue weighted by molar-refractivity contribution is 0.0143. The van der Waals surface area contributed by atoms with Crippen LogP contribution in [-0.4, -0.2) is 61.5 Å². The molecule has 0 fully saturated rings. The number of carbonyl (C=O) groups is 1. The second-order valence-electron chi connectivity index (χ2n) is 9.64. The van der Waals surface area contributed by atoms with E-state index >= 15 is 0 Å². The van der Waals surface area contributed by atoms with E-state index in [-0.39, 0.29) is 51.4 Å². The minimum atomic E-state index is -1.03. The van der Waals surface area contributed by atoms with Gasteiger partial charge in [-0.1, -0.05) is 17.7 Å². The number of aliphatic hydroxyl groups is 3. The Morgan fingerprint density at radius 2 is 1.89 bits per heavy atom. The number of fused-ring (bicyclic) bond motifs is 1. The molecule has 36 heavy (non-hydrogen) atoms. The van der Waals surface area contributed by atoms with Crippen molar-refractivity contribution in [3.63, 3.8) is 0 Å². The van der Waals surface area contributed by atoms with Crippen LogP contribution in [0.5, 0.6) is 0 Å². The Bertz CT molecular complexity index is 1260. The van der Waals surface area contributed by atoms with Gasteiger partial charge in [0.15, 0.2) is 0 Å². The molecule has 1 aromatic carbocycles. The van der Waals surface area contributed by atoms with Gasteiger partial charge in [0.2, 0.25) is 0 Å². The van der Waals surface area contributed by atoms with Crippen molar-refractivity contribution >= 4 is 23.3 Å². The summed E-state index contributed by atoms with van der Waals surface area (Å²) in [6.07, 6.45) is 3.32. The first-order valence-electron chi connectivity index (χ1n) is 11.7. The molecule has 192 valence electrons. The SMILES string of the molecule is CC(C)Nc1cc(-c2cc3n(c2)CC(CO)(CO)CN(Cc2cc(F)ccc2CO)C3=O)c(Cl)cn1. The fourth-order valence-electron chi connectivity index (χ4n) is 4.53. The van der Waals surface area contributed by atoms with E-state index < -0.39 is 11.2 Å². The first-order chi connectivity index (χ1) is 17.2. The maximum atomic E-state index is 14.0. The normalized spacial score (nSPS) is 15.2. The standard InChI is InChI=1S/C26H30ClFN4O4/c1-16(2)30-24-7-21(22(27)8-29-24)19-6-23-25(36)32(9-18-5-20(28)4-3-17(18)11-33)13-26(14-34,15-35)12-31(23)10-19/h3-8,10,16,33-35H,9,11-15H2,1-2H3,(H,29,30). The van der Waals surface area contributed by atoms with E-state index in [1.807, 2.05) is 19.9 Å². The molecule has 1 aliphatic heterocycles. The highest BCUT2D eigenvalue weighted by atomic mass is 35.5. The van der Waals surface area contributed by atoms with Gasteiger partial charge in [0, 0.05) is 49.2 Å². The second kappa shape index (κ2) is 10.6. The molecule has 8 nitrogen and oxygen atoms in total. The summed E-state index contributed by atoms with van der Waals surface area (Å²) in [6.45, 7) is 3.19. The smallest absolute Gasteiger partial charge is 0.270 e. The molecule has 1 amide bonds. The topological polar surface area (TPSA) is 111 Å². The zero-order valence-corrected chi connectivity index (χ0v) is 21.0. The molecule has 10 heteroatoms. The summed E-state index contributed by atoms with van der Waals surface area (Å²) in [4.78, 5) is 19.5. The fourth-order valence-corrected chi connectivity index (χ4v) is 4.74. The van der Waals surface area contributed by atoms with E-state index in [4.69, 9.17) is 11.6 Å². The van der Waals surface area contributed by atoms with Gasteiger partial charge >= 0.3 is 0 Å². The number of pyridine rings is 1. The quantitative estimate of drug-likeness (QED) is 0.366. The van der Waals surface area contributed by atoms with Gasteiger partial charge in [0.25, 0.3) is 5.91 Å². The third-order valence-corrected chi connectivity index (χ3v) is 6.71. The van der Waals surface area contributed by atoms with Gasteiger partial charge < -0.3 is 30.1 Å². The number of amides is 1. The molecule has 0 bridgehead atoms. The number of aromatic nitrogens is 2. The molecule has 4 N–H and O–H groups in total. The average molecular weight is 517 g/mol. The Kier molecular flexibility index (Phi) is 7.65. The third kappa shape index (κ3) is 5.24.